The minimum atomic E-state index is -3.82. The quantitative estimate of drug-likeness (QED) is 0.647. The van der Waals surface area contributed by atoms with E-state index < -0.39 is 10.0 Å². The number of anilines is 2. The second kappa shape index (κ2) is 6.97. The normalized spacial score (nSPS) is 11.3. The first kappa shape index (κ1) is 18.2. The van der Waals surface area contributed by atoms with E-state index in [0.717, 1.165) is 16.7 Å². The van der Waals surface area contributed by atoms with Crippen LogP contribution in [0.1, 0.15) is 11.1 Å². The van der Waals surface area contributed by atoms with E-state index in [0.29, 0.717) is 17.1 Å². The fraction of sp³-hybridized carbons (Fsp3) is 0.167. The van der Waals surface area contributed by atoms with Gasteiger partial charge in [0.05, 0.1) is 12.8 Å². The molecule has 3 N–H and O–H groups in total. The number of nitrogen functional groups attached to an aromatic ring is 1. The monoisotopic (exact) mass is 389 g/mol. The van der Waals surface area contributed by atoms with Crippen molar-refractivity contribution >= 4 is 32.2 Å². The summed E-state index contributed by atoms with van der Waals surface area (Å²) < 4.78 is 33.4. The number of benzene rings is 2. The van der Waals surface area contributed by atoms with Gasteiger partial charge in [0.15, 0.2) is 5.13 Å². The Balaban J connectivity index is 1.93. The zero-order valence-electron chi connectivity index (χ0n) is 14.6. The molecule has 3 aromatic rings. The molecule has 0 saturated carbocycles. The van der Waals surface area contributed by atoms with Gasteiger partial charge in [-0.1, -0.05) is 12.1 Å². The van der Waals surface area contributed by atoms with E-state index >= 15 is 0 Å². The van der Waals surface area contributed by atoms with Crippen LogP contribution in [0.15, 0.2) is 46.7 Å². The van der Waals surface area contributed by atoms with Gasteiger partial charge < -0.3 is 10.5 Å². The summed E-state index contributed by atoms with van der Waals surface area (Å²) in [6, 6.07) is 10.6. The molecule has 0 fully saturated rings. The van der Waals surface area contributed by atoms with Gasteiger partial charge in [-0.05, 0) is 49.2 Å². The number of nitrogens with one attached hydrogen (secondary N) is 1. The molecule has 136 valence electrons. The summed E-state index contributed by atoms with van der Waals surface area (Å²) in [7, 11) is -2.38. The van der Waals surface area contributed by atoms with Crippen LogP contribution in [-0.4, -0.2) is 20.5 Å². The Bertz CT molecular complexity index is 1060. The van der Waals surface area contributed by atoms with Gasteiger partial charge in [0.1, 0.15) is 10.6 Å². The highest BCUT2D eigenvalue weighted by atomic mass is 32.2. The van der Waals surface area contributed by atoms with Crippen LogP contribution >= 0.6 is 11.3 Å². The second-order valence-corrected chi connectivity index (χ2v) is 8.37. The van der Waals surface area contributed by atoms with Crippen molar-refractivity contribution in [2.24, 2.45) is 0 Å². The third-order valence-corrected chi connectivity index (χ3v) is 6.22. The number of sulfonamides is 1. The van der Waals surface area contributed by atoms with Crippen molar-refractivity contribution in [2.45, 2.75) is 18.7 Å². The molecule has 0 unspecified atom stereocenters. The first-order valence-electron chi connectivity index (χ1n) is 7.79. The third kappa shape index (κ3) is 3.66. The van der Waals surface area contributed by atoms with E-state index in [2.05, 4.69) is 9.71 Å². The van der Waals surface area contributed by atoms with Crippen LogP contribution in [0.2, 0.25) is 0 Å². The van der Waals surface area contributed by atoms with Gasteiger partial charge in [-0.3, -0.25) is 4.72 Å². The summed E-state index contributed by atoms with van der Waals surface area (Å²) in [5.41, 5.74) is 9.72. The SMILES string of the molecule is COc1cc(C)c(C)cc1S(=O)(=O)Nc1nc(-c2cccc(N)c2)cs1. The van der Waals surface area contributed by atoms with Crippen LogP contribution in [0.3, 0.4) is 0 Å². The molecular weight excluding hydrogens is 370 g/mol. The molecule has 1 heterocycles. The van der Waals surface area contributed by atoms with E-state index in [4.69, 9.17) is 10.5 Å². The summed E-state index contributed by atoms with van der Waals surface area (Å²) in [5.74, 6) is 0.299. The van der Waals surface area contributed by atoms with Crippen molar-refractivity contribution in [3.8, 4) is 17.0 Å². The third-order valence-electron chi connectivity index (χ3n) is 3.98. The largest absolute Gasteiger partial charge is 0.495 e. The fourth-order valence-electron chi connectivity index (χ4n) is 2.45. The summed E-state index contributed by atoms with van der Waals surface area (Å²) in [4.78, 5) is 4.45. The molecule has 6 nitrogen and oxygen atoms in total. The lowest BCUT2D eigenvalue weighted by Crippen LogP contribution is -2.14. The van der Waals surface area contributed by atoms with Crippen LogP contribution in [0.4, 0.5) is 10.8 Å². The Morgan fingerprint density at radius 3 is 2.58 bits per heavy atom. The molecule has 8 heteroatoms. The summed E-state index contributed by atoms with van der Waals surface area (Å²) in [6.45, 7) is 3.76. The number of methoxy groups -OCH3 is 1. The molecule has 0 radical (unpaired) electrons. The maximum atomic E-state index is 12.8. The molecule has 0 aliphatic rings. The minimum Gasteiger partial charge on any atom is -0.495 e. The number of nitrogens with two attached hydrogens (primary N) is 1. The van der Waals surface area contributed by atoms with Crippen molar-refractivity contribution < 1.29 is 13.2 Å². The van der Waals surface area contributed by atoms with Gasteiger partial charge in [-0.2, -0.15) is 0 Å². The lowest BCUT2D eigenvalue weighted by Gasteiger charge is -2.12. The summed E-state index contributed by atoms with van der Waals surface area (Å²) in [6.07, 6.45) is 0. The molecule has 0 aliphatic carbocycles. The zero-order chi connectivity index (χ0) is 18.9. The fourth-order valence-corrected chi connectivity index (χ4v) is 4.66. The zero-order valence-corrected chi connectivity index (χ0v) is 16.2. The van der Waals surface area contributed by atoms with Gasteiger partial charge in [0.2, 0.25) is 0 Å². The lowest BCUT2D eigenvalue weighted by atomic mass is 10.1. The van der Waals surface area contributed by atoms with Crippen LogP contribution in [0.25, 0.3) is 11.3 Å². The molecule has 26 heavy (non-hydrogen) atoms. The summed E-state index contributed by atoms with van der Waals surface area (Å²) >= 11 is 1.21. The van der Waals surface area contributed by atoms with Gasteiger partial charge in [0.25, 0.3) is 10.0 Å². The smallest absolute Gasteiger partial charge is 0.267 e. The molecule has 3 rings (SSSR count). The van der Waals surface area contributed by atoms with Gasteiger partial charge in [-0.25, -0.2) is 13.4 Å². The Labute approximate surface area is 156 Å². The van der Waals surface area contributed by atoms with E-state index in [1.54, 1.807) is 29.6 Å². The number of hydrogen-bond donors (Lipinski definition) is 2. The highest BCUT2D eigenvalue weighted by molar-refractivity contribution is 7.93. The van der Waals surface area contributed by atoms with E-state index in [-0.39, 0.29) is 10.0 Å². The van der Waals surface area contributed by atoms with Gasteiger partial charge >= 0.3 is 0 Å². The van der Waals surface area contributed by atoms with E-state index in [1.807, 2.05) is 26.0 Å². The van der Waals surface area contributed by atoms with Crippen molar-refractivity contribution in [2.75, 3.05) is 17.6 Å². The molecule has 0 saturated heterocycles. The lowest BCUT2D eigenvalue weighted by molar-refractivity contribution is 0.402. The van der Waals surface area contributed by atoms with Crippen molar-refractivity contribution in [1.29, 1.82) is 0 Å². The van der Waals surface area contributed by atoms with E-state index in [9.17, 15) is 8.42 Å². The number of rotatable bonds is 5. The standard InChI is InChI=1S/C18H19N3O3S2/c1-11-7-16(24-3)17(8-12(11)2)26(22,23)21-18-20-15(10-25-18)13-5-4-6-14(19)9-13/h4-10H,19H2,1-3H3,(H,20,21). The van der Waals surface area contributed by atoms with Crippen LogP contribution in [0, 0.1) is 13.8 Å². The van der Waals surface area contributed by atoms with Crippen LogP contribution < -0.4 is 15.2 Å². The average molecular weight is 390 g/mol. The van der Waals surface area contributed by atoms with Crippen molar-refractivity contribution in [3.05, 3.63) is 52.9 Å². The molecule has 0 bridgehead atoms. The number of aromatic nitrogens is 1. The van der Waals surface area contributed by atoms with Crippen LogP contribution in [-0.2, 0) is 10.0 Å². The molecule has 0 amide bonds. The first-order chi connectivity index (χ1) is 12.3. The molecule has 2 aromatic carbocycles. The number of hydrogen-bond acceptors (Lipinski definition) is 6. The Morgan fingerprint density at radius 1 is 1.15 bits per heavy atom. The Morgan fingerprint density at radius 2 is 1.88 bits per heavy atom. The molecule has 1 aromatic heterocycles. The predicted octanol–water partition coefficient (Wildman–Crippen LogP) is 3.82. The van der Waals surface area contributed by atoms with Crippen LogP contribution in [0.5, 0.6) is 5.75 Å². The first-order valence-corrected chi connectivity index (χ1v) is 10.2. The Hall–Kier alpha value is -2.58. The molecular formula is C18H19N3O3S2. The minimum absolute atomic E-state index is 0.0869. The number of nitrogens with zero attached hydrogens (tertiary/aromatic N) is 1. The van der Waals surface area contributed by atoms with Gasteiger partial charge in [0, 0.05) is 16.6 Å². The highest BCUT2D eigenvalue weighted by Crippen LogP contribution is 2.31. The maximum Gasteiger partial charge on any atom is 0.267 e. The molecule has 0 aliphatic heterocycles. The Kier molecular flexibility index (Phi) is 4.88. The van der Waals surface area contributed by atoms with Gasteiger partial charge in [-0.15, -0.1) is 11.3 Å². The number of aryl methyl sites for hydroxylation is 2. The molecule has 0 atom stereocenters. The highest BCUT2D eigenvalue weighted by Gasteiger charge is 2.22. The number of thiazole rings is 1. The maximum absolute atomic E-state index is 12.8. The summed E-state index contributed by atoms with van der Waals surface area (Å²) in [5, 5.41) is 2.06. The van der Waals surface area contributed by atoms with E-state index in [1.165, 1.54) is 18.4 Å². The van der Waals surface area contributed by atoms with Crippen molar-refractivity contribution in [1.82, 2.24) is 4.98 Å². The predicted molar refractivity (Wildman–Crippen MR) is 105 cm³/mol. The number of ether oxygens (including phenoxy) is 1. The average Bonchev–Trinajstić information content (AvgIpc) is 3.04. The second-order valence-electron chi connectivity index (χ2n) is 5.86. The topological polar surface area (TPSA) is 94.3 Å². The molecule has 0 spiro atoms. The van der Waals surface area contributed by atoms with Crippen molar-refractivity contribution in [3.63, 3.8) is 0 Å².